The van der Waals surface area contributed by atoms with E-state index < -0.39 is 17.6 Å². The molecule has 0 spiro atoms. The van der Waals surface area contributed by atoms with Crippen LogP contribution in [0, 0.1) is 0 Å². The van der Waals surface area contributed by atoms with E-state index in [4.69, 9.17) is 9.84 Å². The summed E-state index contributed by atoms with van der Waals surface area (Å²) in [6, 6.07) is 9.36. The van der Waals surface area contributed by atoms with Gasteiger partial charge in [-0.25, -0.2) is 4.79 Å². The molecule has 0 bridgehead atoms. The summed E-state index contributed by atoms with van der Waals surface area (Å²) >= 11 is 0. The Morgan fingerprint density at radius 1 is 1.40 bits per heavy atom. The second-order valence-electron chi connectivity index (χ2n) is 5.03. The van der Waals surface area contributed by atoms with Crippen molar-refractivity contribution in [3.8, 4) is 0 Å². The molecule has 2 N–H and O–H groups in total. The molecule has 1 unspecified atom stereocenters. The smallest absolute Gasteiger partial charge is 0.410 e. The minimum atomic E-state index is -1.12. The van der Waals surface area contributed by atoms with Gasteiger partial charge in [-0.05, 0) is 12.5 Å². The van der Waals surface area contributed by atoms with Gasteiger partial charge in [-0.3, -0.25) is 10.1 Å². The van der Waals surface area contributed by atoms with E-state index in [1.165, 1.54) is 4.90 Å². The van der Waals surface area contributed by atoms with Crippen molar-refractivity contribution in [3.63, 3.8) is 0 Å². The number of carbonyl (C=O) groups is 2. The van der Waals surface area contributed by atoms with Crippen LogP contribution in [-0.4, -0.2) is 47.2 Å². The van der Waals surface area contributed by atoms with Crippen molar-refractivity contribution in [1.82, 2.24) is 10.2 Å². The molecule has 0 saturated carbocycles. The summed E-state index contributed by atoms with van der Waals surface area (Å²) in [6.45, 7) is 2.72. The first-order chi connectivity index (χ1) is 9.51. The molecule has 1 heterocycles. The van der Waals surface area contributed by atoms with Gasteiger partial charge in [0.2, 0.25) is 0 Å². The van der Waals surface area contributed by atoms with Crippen LogP contribution in [0.4, 0.5) is 4.79 Å². The molecule has 1 amide bonds. The van der Waals surface area contributed by atoms with Gasteiger partial charge in [0.25, 0.3) is 0 Å². The number of carboxylic acids is 1. The molecule has 2 rings (SSSR count). The Labute approximate surface area is 117 Å². The summed E-state index contributed by atoms with van der Waals surface area (Å²) in [5.41, 5.74) is -0.221. The van der Waals surface area contributed by atoms with Crippen molar-refractivity contribution in [2.24, 2.45) is 0 Å². The molecule has 6 nitrogen and oxygen atoms in total. The van der Waals surface area contributed by atoms with Gasteiger partial charge in [0.05, 0.1) is 6.54 Å². The van der Waals surface area contributed by atoms with Gasteiger partial charge in [-0.2, -0.15) is 0 Å². The van der Waals surface area contributed by atoms with Gasteiger partial charge in [0.15, 0.2) is 0 Å². The monoisotopic (exact) mass is 278 g/mol. The van der Waals surface area contributed by atoms with Gasteiger partial charge < -0.3 is 14.7 Å². The Morgan fingerprint density at radius 2 is 2.10 bits per heavy atom. The van der Waals surface area contributed by atoms with Crippen LogP contribution in [0.3, 0.4) is 0 Å². The summed E-state index contributed by atoms with van der Waals surface area (Å²) in [4.78, 5) is 24.6. The average molecular weight is 278 g/mol. The van der Waals surface area contributed by atoms with Crippen LogP contribution in [0.25, 0.3) is 0 Å². The SMILES string of the molecule is CC1(C(=O)O)CN(C(=O)OCc2ccccc2)CCN1. The second-order valence-corrected chi connectivity index (χ2v) is 5.03. The molecule has 1 atom stereocenters. The van der Waals surface area contributed by atoms with E-state index in [2.05, 4.69) is 5.32 Å². The summed E-state index contributed by atoms with van der Waals surface area (Å²) in [6.07, 6.45) is -0.483. The predicted molar refractivity (Wildman–Crippen MR) is 72.2 cm³/mol. The van der Waals surface area contributed by atoms with E-state index in [-0.39, 0.29) is 13.2 Å². The van der Waals surface area contributed by atoms with Gasteiger partial charge in [-0.15, -0.1) is 0 Å². The zero-order valence-corrected chi connectivity index (χ0v) is 11.3. The van der Waals surface area contributed by atoms with Crippen molar-refractivity contribution in [3.05, 3.63) is 35.9 Å². The molecule has 1 aliphatic rings. The van der Waals surface area contributed by atoms with Crippen molar-refractivity contribution in [1.29, 1.82) is 0 Å². The largest absolute Gasteiger partial charge is 0.480 e. The first kappa shape index (κ1) is 14.3. The normalized spacial score (nSPS) is 22.4. The fraction of sp³-hybridized carbons (Fsp3) is 0.429. The number of amides is 1. The van der Waals surface area contributed by atoms with Crippen LogP contribution in [0.1, 0.15) is 12.5 Å². The lowest BCUT2D eigenvalue weighted by molar-refractivity contribution is -0.145. The Hall–Kier alpha value is -2.08. The van der Waals surface area contributed by atoms with Gasteiger partial charge in [0.1, 0.15) is 12.1 Å². The number of hydrogen-bond acceptors (Lipinski definition) is 4. The minimum Gasteiger partial charge on any atom is -0.480 e. The lowest BCUT2D eigenvalue weighted by Crippen LogP contribution is -2.63. The standard InChI is InChI=1S/C14H18N2O4/c1-14(12(17)18)10-16(8-7-15-14)13(19)20-9-11-5-3-2-4-6-11/h2-6,15H,7-10H2,1H3,(H,17,18). The number of carboxylic acid groups (broad SMARTS) is 1. The van der Waals surface area contributed by atoms with Crippen LogP contribution < -0.4 is 5.32 Å². The summed E-state index contributed by atoms with van der Waals surface area (Å²) in [7, 11) is 0. The highest BCUT2D eigenvalue weighted by Gasteiger charge is 2.39. The molecule has 20 heavy (non-hydrogen) atoms. The zero-order chi connectivity index (χ0) is 14.6. The number of hydrogen-bond donors (Lipinski definition) is 2. The molecule has 1 aliphatic heterocycles. The lowest BCUT2D eigenvalue weighted by atomic mass is 10.00. The van der Waals surface area contributed by atoms with Crippen molar-refractivity contribution < 1.29 is 19.4 Å². The zero-order valence-electron chi connectivity index (χ0n) is 11.3. The lowest BCUT2D eigenvalue weighted by Gasteiger charge is -2.37. The van der Waals surface area contributed by atoms with Crippen molar-refractivity contribution >= 4 is 12.1 Å². The average Bonchev–Trinajstić information content (AvgIpc) is 2.46. The minimum absolute atomic E-state index is 0.0932. The van der Waals surface area contributed by atoms with Crippen LogP contribution in [0.15, 0.2) is 30.3 Å². The molecule has 1 fully saturated rings. The number of benzene rings is 1. The molecule has 1 aromatic rings. The van der Waals surface area contributed by atoms with E-state index in [1.807, 2.05) is 30.3 Å². The highest BCUT2D eigenvalue weighted by atomic mass is 16.6. The van der Waals surface area contributed by atoms with E-state index in [9.17, 15) is 9.59 Å². The van der Waals surface area contributed by atoms with Crippen LogP contribution in [-0.2, 0) is 16.1 Å². The number of carbonyl (C=O) groups excluding carboxylic acids is 1. The second kappa shape index (κ2) is 5.92. The third-order valence-electron chi connectivity index (χ3n) is 3.34. The number of nitrogens with one attached hydrogen (secondary N) is 1. The maximum absolute atomic E-state index is 12.0. The molecule has 1 saturated heterocycles. The highest BCUT2D eigenvalue weighted by Crippen LogP contribution is 2.13. The first-order valence-corrected chi connectivity index (χ1v) is 6.45. The Balaban J connectivity index is 1.91. The summed E-state index contributed by atoms with van der Waals surface area (Å²) < 4.78 is 5.21. The number of aliphatic carboxylic acids is 1. The Bertz CT molecular complexity index is 491. The molecular weight excluding hydrogens is 260 g/mol. The Morgan fingerprint density at radius 3 is 2.75 bits per heavy atom. The van der Waals surface area contributed by atoms with E-state index in [0.717, 1.165) is 5.56 Å². The molecule has 1 aromatic carbocycles. The summed E-state index contributed by atoms with van der Waals surface area (Å²) in [5.74, 6) is -0.974. The number of nitrogens with zero attached hydrogens (tertiary/aromatic N) is 1. The van der Waals surface area contributed by atoms with Crippen molar-refractivity contribution in [2.75, 3.05) is 19.6 Å². The highest BCUT2D eigenvalue weighted by molar-refractivity contribution is 5.80. The quantitative estimate of drug-likeness (QED) is 0.864. The van der Waals surface area contributed by atoms with Crippen molar-refractivity contribution in [2.45, 2.75) is 19.1 Å². The molecular formula is C14H18N2O4. The van der Waals surface area contributed by atoms with E-state index >= 15 is 0 Å². The number of ether oxygens (including phenoxy) is 1. The first-order valence-electron chi connectivity index (χ1n) is 6.45. The maximum Gasteiger partial charge on any atom is 0.410 e. The predicted octanol–water partition coefficient (Wildman–Crippen LogP) is 1.07. The number of piperazine rings is 1. The van der Waals surface area contributed by atoms with Gasteiger partial charge in [-0.1, -0.05) is 30.3 Å². The summed E-state index contributed by atoms with van der Waals surface area (Å²) in [5, 5.41) is 12.1. The topological polar surface area (TPSA) is 78.9 Å². The van der Waals surface area contributed by atoms with Gasteiger partial charge >= 0.3 is 12.1 Å². The number of rotatable bonds is 3. The van der Waals surface area contributed by atoms with Crippen LogP contribution in [0.2, 0.25) is 0 Å². The fourth-order valence-corrected chi connectivity index (χ4v) is 2.09. The van der Waals surface area contributed by atoms with Gasteiger partial charge in [0, 0.05) is 13.1 Å². The van der Waals surface area contributed by atoms with E-state index in [1.54, 1.807) is 6.92 Å². The maximum atomic E-state index is 12.0. The third kappa shape index (κ3) is 3.27. The third-order valence-corrected chi connectivity index (χ3v) is 3.34. The molecule has 6 heteroatoms. The molecule has 108 valence electrons. The molecule has 0 aromatic heterocycles. The van der Waals surface area contributed by atoms with Crippen LogP contribution in [0.5, 0.6) is 0 Å². The van der Waals surface area contributed by atoms with Crippen LogP contribution >= 0.6 is 0 Å². The Kier molecular flexibility index (Phi) is 4.24. The van der Waals surface area contributed by atoms with E-state index in [0.29, 0.717) is 13.1 Å². The fourth-order valence-electron chi connectivity index (χ4n) is 2.09. The molecule has 0 aliphatic carbocycles. The molecule has 0 radical (unpaired) electrons.